The summed E-state index contributed by atoms with van der Waals surface area (Å²) in [4.78, 5) is 12.7. The van der Waals surface area contributed by atoms with Crippen molar-refractivity contribution in [3.8, 4) is 0 Å². The van der Waals surface area contributed by atoms with Gasteiger partial charge in [-0.15, -0.1) is 15.3 Å². The maximum atomic E-state index is 11.9. The molecular formula is C17H21N5O2S2. The molecule has 7 nitrogen and oxygen atoms in total. The molecule has 2 heterocycles. The van der Waals surface area contributed by atoms with Gasteiger partial charge in [0.2, 0.25) is 4.96 Å². The summed E-state index contributed by atoms with van der Waals surface area (Å²) in [6, 6.07) is 9.63. The average molecular weight is 392 g/mol. The van der Waals surface area contributed by atoms with Gasteiger partial charge in [0.15, 0.2) is 10.2 Å². The summed E-state index contributed by atoms with van der Waals surface area (Å²) in [6.45, 7) is 1.01. The molecule has 0 radical (unpaired) electrons. The molecule has 0 aliphatic heterocycles. The van der Waals surface area contributed by atoms with Gasteiger partial charge < -0.3 is 10.5 Å². The number of thioether (sulfide) groups is 1. The molecule has 3 aromatic rings. The normalized spacial score (nSPS) is 11.1. The minimum absolute atomic E-state index is 0.225. The topological polar surface area (TPSA) is 95.4 Å². The van der Waals surface area contributed by atoms with E-state index < -0.39 is 0 Å². The number of benzene rings is 1. The lowest BCUT2D eigenvalue weighted by Gasteiger charge is -2.03. The first-order valence-electron chi connectivity index (χ1n) is 8.50. The van der Waals surface area contributed by atoms with Crippen LogP contribution in [0.4, 0.5) is 0 Å². The SMILES string of the molecule is NCCCCCc1nnc2sc(SCC(=O)OCc3ccccc3)nn12. The average Bonchev–Trinajstić information content (AvgIpc) is 3.23. The van der Waals surface area contributed by atoms with Crippen molar-refractivity contribution >= 4 is 34.0 Å². The predicted octanol–water partition coefficient (Wildman–Crippen LogP) is 2.69. The van der Waals surface area contributed by atoms with E-state index in [1.807, 2.05) is 30.3 Å². The lowest BCUT2D eigenvalue weighted by atomic mass is 10.2. The highest BCUT2D eigenvalue weighted by Crippen LogP contribution is 2.25. The van der Waals surface area contributed by atoms with Crippen molar-refractivity contribution < 1.29 is 9.53 Å². The fourth-order valence-electron chi connectivity index (χ4n) is 2.36. The number of fused-ring (bicyclic) bond motifs is 1. The molecule has 26 heavy (non-hydrogen) atoms. The number of unbranched alkanes of at least 4 members (excludes halogenated alkanes) is 2. The van der Waals surface area contributed by atoms with Crippen LogP contribution in [0.3, 0.4) is 0 Å². The quantitative estimate of drug-likeness (QED) is 0.322. The van der Waals surface area contributed by atoms with Gasteiger partial charge in [0.05, 0.1) is 5.75 Å². The number of esters is 1. The summed E-state index contributed by atoms with van der Waals surface area (Å²) in [7, 11) is 0. The van der Waals surface area contributed by atoms with Gasteiger partial charge in [-0.25, -0.2) is 0 Å². The van der Waals surface area contributed by atoms with Gasteiger partial charge in [0.25, 0.3) is 0 Å². The predicted molar refractivity (Wildman–Crippen MR) is 102 cm³/mol. The molecule has 0 fully saturated rings. The number of aryl methyl sites for hydroxylation is 1. The molecule has 0 spiro atoms. The van der Waals surface area contributed by atoms with Crippen molar-refractivity contribution in [3.05, 3.63) is 41.7 Å². The molecule has 0 amide bonds. The standard InChI is InChI=1S/C17H21N5O2S2/c18-10-6-2-5-9-14-19-20-16-22(14)21-17(26-16)25-12-15(23)24-11-13-7-3-1-4-8-13/h1,3-4,7-8H,2,5-6,9-12,18H2. The second kappa shape index (κ2) is 9.65. The number of nitrogens with two attached hydrogens (primary N) is 1. The van der Waals surface area contributed by atoms with Crippen LogP contribution in [0, 0.1) is 0 Å². The summed E-state index contributed by atoms with van der Waals surface area (Å²) in [5.74, 6) is 0.821. The van der Waals surface area contributed by atoms with Crippen LogP contribution in [0.1, 0.15) is 30.7 Å². The Bertz CT molecular complexity index is 834. The van der Waals surface area contributed by atoms with Crippen LogP contribution in [0.25, 0.3) is 4.96 Å². The smallest absolute Gasteiger partial charge is 0.316 e. The van der Waals surface area contributed by atoms with Crippen LogP contribution in [0.5, 0.6) is 0 Å². The minimum Gasteiger partial charge on any atom is -0.460 e. The second-order valence-corrected chi connectivity index (χ2v) is 7.89. The minimum atomic E-state index is -0.258. The Balaban J connectivity index is 1.48. The monoisotopic (exact) mass is 391 g/mol. The number of hydrogen-bond acceptors (Lipinski definition) is 8. The molecule has 0 bridgehead atoms. The number of carbonyl (C=O) groups excluding carboxylic acids is 1. The van der Waals surface area contributed by atoms with Crippen molar-refractivity contribution in [2.75, 3.05) is 12.3 Å². The lowest BCUT2D eigenvalue weighted by Crippen LogP contribution is -2.07. The van der Waals surface area contributed by atoms with Crippen LogP contribution in [-0.2, 0) is 22.6 Å². The molecular weight excluding hydrogens is 370 g/mol. The first-order valence-corrected chi connectivity index (χ1v) is 10.3. The van der Waals surface area contributed by atoms with E-state index >= 15 is 0 Å². The molecule has 0 atom stereocenters. The van der Waals surface area contributed by atoms with Gasteiger partial charge in [-0.3, -0.25) is 4.79 Å². The van der Waals surface area contributed by atoms with Crippen molar-refractivity contribution in [1.82, 2.24) is 19.8 Å². The molecule has 138 valence electrons. The highest BCUT2D eigenvalue weighted by atomic mass is 32.2. The van der Waals surface area contributed by atoms with Crippen molar-refractivity contribution in [2.45, 2.75) is 36.6 Å². The van der Waals surface area contributed by atoms with Gasteiger partial charge >= 0.3 is 5.97 Å². The largest absolute Gasteiger partial charge is 0.460 e. The summed E-state index contributed by atoms with van der Waals surface area (Å²) >= 11 is 2.79. The molecule has 2 N–H and O–H groups in total. The zero-order chi connectivity index (χ0) is 18.2. The van der Waals surface area contributed by atoms with Crippen molar-refractivity contribution in [2.24, 2.45) is 5.73 Å². The first-order chi connectivity index (χ1) is 12.8. The third kappa shape index (κ3) is 5.26. The van der Waals surface area contributed by atoms with Gasteiger partial charge in [-0.1, -0.05) is 59.9 Å². The van der Waals surface area contributed by atoms with Gasteiger partial charge in [0, 0.05) is 6.42 Å². The molecule has 0 saturated heterocycles. The van der Waals surface area contributed by atoms with Gasteiger partial charge in [-0.2, -0.15) is 4.52 Å². The van der Waals surface area contributed by atoms with E-state index in [1.165, 1.54) is 23.1 Å². The van der Waals surface area contributed by atoms with E-state index in [1.54, 1.807) is 4.52 Å². The van der Waals surface area contributed by atoms with Crippen LogP contribution in [0.15, 0.2) is 34.7 Å². The number of aromatic nitrogens is 4. The Morgan fingerprint density at radius 1 is 1.19 bits per heavy atom. The molecule has 0 saturated carbocycles. The summed E-state index contributed by atoms with van der Waals surface area (Å²) in [6.07, 6.45) is 3.94. The van der Waals surface area contributed by atoms with Crippen LogP contribution >= 0.6 is 23.1 Å². The number of hydrogen-bond donors (Lipinski definition) is 1. The van der Waals surface area contributed by atoms with Gasteiger partial charge in [0.1, 0.15) is 6.61 Å². The zero-order valence-corrected chi connectivity index (χ0v) is 16.0. The lowest BCUT2D eigenvalue weighted by molar-refractivity contribution is -0.141. The van der Waals surface area contributed by atoms with Gasteiger partial charge in [-0.05, 0) is 24.9 Å². The Hall–Kier alpha value is -1.97. The van der Waals surface area contributed by atoms with Crippen LogP contribution in [-0.4, -0.2) is 38.1 Å². The number of nitrogens with zero attached hydrogens (tertiary/aromatic N) is 4. The Morgan fingerprint density at radius 3 is 2.85 bits per heavy atom. The van der Waals surface area contributed by atoms with E-state index in [0.29, 0.717) is 6.54 Å². The molecule has 0 aliphatic rings. The third-order valence-corrected chi connectivity index (χ3v) is 5.70. The Labute approximate surface area is 160 Å². The molecule has 0 aliphatic carbocycles. The van der Waals surface area contributed by atoms with E-state index in [2.05, 4.69) is 15.3 Å². The molecule has 1 aromatic carbocycles. The van der Waals surface area contributed by atoms with Crippen molar-refractivity contribution in [3.63, 3.8) is 0 Å². The van der Waals surface area contributed by atoms with Crippen LogP contribution in [0.2, 0.25) is 0 Å². The molecule has 3 rings (SSSR count). The zero-order valence-electron chi connectivity index (χ0n) is 14.3. The molecule has 9 heteroatoms. The number of carbonyl (C=O) groups is 1. The fourth-order valence-corrected chi connectivity index (χ4v) is 4.05. The third-order valence-electron chi connectivity index (χ3n) is 3.70. The van der Waals surface area contributed by atoms with Crippen LogP contribution < -0.4 is 5.73 Å². The summed E-state index contributed by atoms with van der Waals surface area (Å²) in [5, 5.41) is 12.8. The molecule has 0 unspecified atom stereocenters. The maximum absolute atomic E-state index is 11.9. The summed E-state index contributed by atoms with van der Waals surface area (Å²) < 4.78 is 7.83. The highest BCUT2D eigenvalue weighted by molar-refractivity contribution is 8.01. The van der Waals surface area contributed by atoms with E-state index in [-0.39, 0.29) is 18.3 Å². The number of ether oxygens (including phenoxy) is 1. The Kier molecular flexibility index (Phi) is 6.98. The van der Waals surface area contributed by atoms with E-state index in [0.717, 1.165) is 46.4 Å². The maximum Gasteiger partial charge on any atom is 0.316 e. The fraction of sp³-hybridized carbons (Fsp3) is 0.412. The highest BCUT2D eigenvalue weighted by Gasteiger charge is 2.13. The van der Waals surface area contributed by atoms with E-state index in [9.17, 15) is 4.79 Å². The van der Waals surface area contributed by atoms with E-state index in [4.69, 9.17) is 10.5 Å². The Morgan fingerprint density at radius 2 is 2.04 bits per heavy atom. The van der Waals surface area contributed by atoms with Crippen molar-refractivity contribution in [1.29, 1.82) is 0 Å². The molecule has 2 aromatic heterocycles. The first kappa shape index (κ1) is 18.8. The number of rotatable bonds is 10. The second-order valence-electron chi connectivity index (χ2n) is 5.71. The summed E-state index contributed by atoms with van der Waals surface area (Å²) in [5.41, 5.74) is 6.49.